The number of aliphatic hydroxyl groups excluding tert-OH is 5. The Labute approximate surface area is 189 Å². The molecule has 17 nitrogen and oxygen atoms in total. The van der Waals surface area contributed by atoms with E-state index in [-0.39, 0.29) is 5.82 Å². The summed E-state index contributed by atoms with van der Waals surface area (Å²) >= 11 is 0. The number of nitrogens with two attached hydrogens (primary N) is 1. The summed E-state index contributed by atoms with van der Waals surface area (Å²) in [7, 11) is -5.08. The lowest BCUT2D eigenvalue weighted by molar-refractivity contribution is -0.232. The largest absolute Gasteiger partial charge is 0.472 e. The van der Waals surface area contributed by atoms with E-state index >= 15 is 0 Å². The first-order chi connectivity index (χ1) is 15.8. The summed E-state index contributed by atoms with van der Waals surface area (Å²) in [6.07, 6.45) is -7.45. The van der Waals surface area contributed by atoms with Gasteiger partial charge in [-0.05, 0) is 0 Å². The number of hydrogen-bond donors (Lipinski definition) is 9. The maximum absolute atomic E-state index is 13.2. The number of aromatic nitrogens is 4. The Kier molecular flexibility index (Phi) is 7.82. The predicted molar refractivity (Wildman–Crippen MR) is 104 cm³/mol. The minimum absolute atomic E-state index is 0.218. The zero-order chi connectivity index (χ0) is 25.4. The van der Waals surface area contributed by atoms with Crippen LogP contribution in [0.1, 0.15) is 6.23 Å². The van der Waals surface area contributed by atoms with Crippen molar-refractivity contribution in [1.82, 2.24) is 19.5 Å². The van der Waals surface area contributed by atoms with Crippen LogP contribution in [0.25, 0.3) is 11.2 Å². The number of phosphoric acid groups is 1. The van der Waals surface area contributed by atoms with Gasteiger partial charge in [0.15, 0.2) is 17.7 Å². The van der Waals surface area contributed by atoms with Crippen LogP contribution in [0.3, 0.4) is 0 Å². The number of phosphoric ester groups is 1. The first kappa shape index (κ1) is 26.7. The maximum Gasteiger partial charge on any atom is 0.472 e. The van der Waals surface area contributed by atoms with E-state index < -0.39 is 69.9 Å². The fourth-order valence-electron chi connectivity index (χ4n) is 3.26. The molecule has 2 unspecified atom stereocenters. The van der Waals surface area contributed by atoms with Crippen LogP contribution in [0, 0.1) is 0 Å². The van der Waals surface area contributed by atoms with Crippen molar-refractivity contribution < 1.29 is 63.4 Å². The van der Waals surface area contributed by atoms with Gasteiger partial charge in [-0.3, -0.25) is 9.09 Å². The van der Waals surface area contributed by atoms with Crippen LogP contribution in [0.5, 0.6) is 0 Å². The molecule has 2 aromatic heterocycles. The molecule has 0 spiro atoms. The highest BCUT2D eigenvalue weighted by Gasteiger charge is 2.59. The molecule has 2 fully saturated rings. The Bertz CT molecular complexity index is 1040. The summed E-state index contributed by atoms with van der Waals surface area (Å²) in [5.74, 6) is -3.27. The second kappa shape index (κ2) is 9.97. The van der Waals surface area contributed by atoms with Crippen molar-refractivity contribution in [3.05, 3.63) is 12.7 Å². The maximum atomic E-state index is 13.2. The molecule has 2 aliphatic heterocycles. The third-order valence-electron chi connectivity index (χ3n) is 4.99. The van der Waals surface area contributed by atoms with Crippen molar-refractivity contribution in [2.24, 2.45) is 0 Å². The summed E-state index contributed by atoms with van der Waals surface area (Å²) < 4.78 is 38.6. The molecule has 0 amide bonds. The van der Waals surface area contributed by atoms with Gasteiger partial charge in [0, 0.05) is 0 Å². The number of anilines is 1. The number of aliphatic hydroxyl groups is 6. The van der Waals surface area contributed by atoms with Crippen molar-refractivity contribution in [3.63, 3.8) is 0 Å². The molecule has 0 saturated carbocycles. The Morgan fingerprint density at radius 3 is 2.29 bits per heavy atom. The minimum Gasteiger partial charge on any atom is -0.394 e. The van der Waals surface area contributed by atoms with Gasteiger partial charge in [-0.2, -0.15) is 0 Å². The molecule has 2 aliphatic rings. The van der Waals surface area contributed by atoms with Crippen LogP contribution in [-0.4, -0.2) is 116 Å². The van der Waals surface area contributed by atoms with E-state index in [0.717, 1.165) is 0 Å². The zero-order valence-electron chi connectivity index (χ0n) is 17.0. The van der Waals surface area contributed by atoms with Gasteiger partial charge in [-0.15, -0.1) is 0 Å². The van der Waals surface area contributed by atoms with Crippen LogP contribution in [0.2, 0.25) is 0 Å². The smallest absolute Gasteiger partial charge is 0.394 e. The third-order valence-corrected chi connectivity index (χ3v) is 5.45. The highest BCUT2D eigenvalue weighted by molar-refractivity contribution is 7.46. The number of alkyl halides is 1. The number of hydrogen-bond acceptors (Lipinski definition) is 14. The predicted octanol–water partition coefficient (Wildman–Crippen LogP) is -4.15. The van der Waals surface area contributed by atoms with Gasteiger partial charge in [0.25, 0.3) is 5.85 Å². The normalized spacial score (nSPS) is 36.0. The highest BCUT2D eigenvalue weighted by Crippen LogP contribution is 2.44. The SMILES string of the molecule is Nc1ncnc2c1ncn2[C@@H]1O[C@H](CO)C(O)C1O.O=P(O)(O)O[C@@H]1O[C@H](CO)[C@@H](O)[C@@]1(O)F. The summed E-state index contributed by atoms with van der Waals surface area (Å²) in [6, 6.07) is 0. The fourth-order valence-corrected chi connectivity index (χ4v) is 3.71. The van der Waals surface area contributed by atoms with Crippen LogP contribution in [-0.2, 0) is 18.6 Å². The number of imidazole rings is 1. The van der Waals surface area contributed by atoms with Gasteiger partial charge in [0.2, 0.25) is 6.29 Å². The fraction of sp³-hybridized carbons (Fsp3) is 0.667. The molecule has 0 aromatic carbocycles. The van der Waals surface area contributed by atoms with Gasteiger partial charge < -0.3 is 55.6 Å². The van der Waals surface area contributed by atoms with Crippen molar-refractivity contribution in [1.29, 1.82) is 0 Å². The van der Waals surface area contributed by atoms with Gasteiger partial charge in [-0.1, -0.05) is 0 Å². The Morgan fingerprint density at radius 2 is 1.76 bits per heavy atom. The zero-order valence-corrected chi connectivity index (χ0v) is 17.9. The number of ether oxygens (including phenoxy) is 2. The molecule has 4 heterocycles. The second-order valence-electron chi connectivity index (χ2n) is 7.27. The number of halogens is 1. The molecule has 2 aromatic rings. The molecule has 2 saturated heterocycles. The van der Waals surface area contributed by atoms with E-state index in [1.54, 1.807) is 0 Å². The van der Waals surface area contributed by atoms with Crippen molar-refractivity contribution in [2.45, 2.75) is 48.9 Å². The van der Waals surface area contributed by atoms with Gasteiger partial charge >= 0.3 is 7.82 Å². The molecule has 0 bridgehead atoms. The number of rotatable bonds is 5. The Morgan fingerprint density at radius 1 is 1.12 bits per heavy atom. The van der Waals surface area contributed by atoms with E-state index in [0.29, 0.717) is 11.2 Å². The molecule has 8 atom stereocenters. The van der Waals surface area contributed by atoms with E-state index in [1.807, 2.05) is 0 Å². The molecule has 19 heteroatoms. The van der Waals surface area contributed by atoms with Crippen molar-refractivity contribution >= 4 is 24.8 Å². The summed E-state index contributed by atoms with van der Waals surface area (Å²) in [5.41, 5.74) is 6.44. The van der Waals surface area contributed by atoms with E-state index in [1.165, 1.54) is 17.2 Å². The average molecular weight is 515 g/mol. The molecular formula is C15H23FN5O12P. The molecule has 0 aliphatic carbocycles. The van der Waals surface area contributed by atoms with Gasteiger partial charge in [-0.25, -0.2) is 23.9 Å². The molecule has 0 radical (unpaired) electrons. The summed E-state index contributed by atoms with van der Waals surface area (Å²) in [6.45, 7) is -1.23. The monoisotopic (exact) mass is 515 g/mol. The lowest BCUT2D eigenvalue weighted by Crippen LogP contribution is -2.45. The molecule has 4 rings (SSSR count). The Balaban J connectivity index is 0.000000197. The van der Waals surface area contributed by atoms with Crippen molar-refractivity contribution in [3.8, 4) is 0 Å². The minimum atomic E-state index is -5.08. The quantitative estimate of drug-likeness (QED) is 0.171. The van der Waals surface area contributed by atoms with Crippen LogP contribution >= 0.6 is 7.82 Å². The second-order valence-corrected chi connectivity index (χ2v) is 8.46. The third kappa shape index (κ3) is 5.18. The summed E-state index contributed by atoms with van der Waals surface area (Å²) in [4.78, 5) is 28.6. The van der Waals surface area contributed by atoms with Crippen molar-refractivity contribution in [2.75, 3.05) is 18.9 Å². The first-order valence-corrected chi connectivity index (χ1v) is 11.0. The molecular weight excluding hydrogens is 492 g/mol. The molecule has 34 heavy (non-hydrogen) atoms. The Hall–Kier alpha value is -1.93. The molecule has 10 N–H and O–H groups in total. The van der Waals surface area contributed by atoms with E-state index in [4.69, 9.17) is 40.7 Å². The standard InChI is InChI=1S/C10H13N5O4.C5H10FO8P/c11-8-5-9(13-2-12-8)15(3-14-5)10-7(18)6(17)4(1-16)19-10;6-5(9)3(8)2(1-7)13-4(5)14-15(10,11)12/h2-4,6-7,10,16-18H,1H2,(H2,11,12,13);2-4,7-9H,1H2,(H2,10,11,12)/t4-,6?,7?,10-;2-,3-,4+,5+/m11/s1. The van der Waals surface area contributed by atoms with E-state index in [2.05, 4.69) is 24.2 Å². The topological polar surface area (TPSA) is 276 Å². The van der Waals surface area contributed by atoms with Crippen LogP contribution in [0.15, 0.2) is 12.7 Å². The van der Waals surface area contributed by atoms with Gasteiger partial charge in [0.05, 0.1) is 19.5 Å². The lowest BCUT2D eigenvalue weighted by atomic mass is 10.1. The number of nitrogen functional groups attached to an aromatic ring is 1. The summed E-state index contributed by atoms with van der Waals surface area (Å²) in [5, 5.41) is 55.3. The average Bonchev–Trinajstić information content (AvgIpc) is 3.38. The first-order valence-electron chi connectivity index (χ1n) is 9.46. The van der Waals surface area contributed by atoms with Crippen LogP contribution in [0.4, 0.5) is 10.2 Å². The number of fused-ring (bicyclic) bond motifs is 1. The molecule has 192 valence electrons. The highest BCUT2D eigenvalue weighted by atomic mass is 31.2. The number of nitrogens with zero attached hydrogens (tertiary/aromatic N) is 4. The lowest BCUT2D eigenvalue weighted by Gasteiger charge is -2.21. The van der Waals surface area contributed by atoms with Crippen LogP contribution < -0.4 is 5.73 Å². The van der Waals surface area contributed by atoms with E-state index in [9.17, 15) is 19.2 Å². The van der Waals surface area contributed by atoms with Gasteiger partial charge in [0.1, 0.15) is 42.4 Å².